The Bertz CT molecular complexity index is 451. The minimum Gasteiger partial charge on any atom is -0.365 e. The maximum Gasteiger partial charge on any atom is 0.330 e. The zero-order valence-corrected chi connectivity index (χ0v) is 11.0. The van der Waals surface area contributed by atoms with E-state index in [9.17, 15) is 22.4 Å². The summed E-state index contributed by atoms with van der Waals surface area (Å²) in [4.78, 5) is 12.8. The standard InChI is InChI=1S/C11H15F4N3O2/c1-7-8(3-16-17-7)4-18(2)9(19)5-20-6-11(14,15)10(12)13/h3,10H,4-6H2,1-2H3,(H,16,17). The van der Waals surface area contributed by atoms with Crippen molar-refractivity contribution >= 4 is 5.91 Å². The second kappa shape index (κ2) is 6.69. The second-order valence-electron chi connectivity index (χ2n) is 4.32. The molecule has 5 nitrogen and oxygen atoms in total. The van der Waals surface area contributed by atoms with Crippen LogP contribution < -0.4 is 0 Å². The van der Waals surface area contributed by atoms with E-state index in [1.807, 2.05) is 0 Å². The Balaban J connectivity index is 2.38. The molecular formula is C11H15F4N3O2. The van der Waals surface area contributed by atoms with Gasteiger partial charge < -0.3 is 9.64 Å². The van der Waals surface area contributed by atoms with Crippen LogP contribution in [-0.2, 0) is 16.1 Å². The van der Waals surface area contributed by atoms with E-state index in [0.717, 1.165) is 11.3 Å². The van der Waals surface area contributed by atoms with E-state index in [0.29, 0.717) is 0 Å². The number of carbonyl (C=O) groups is 1. The number of aromatic amines is 1. The highest BCUT2D eigenvalue weighted by atomic mass is 19.3. The van der Waals surface area contributed by atoms with Crippen molar-refractivity contribution in [1.82, 2.24) is 15.1 Å². The van der Waals surface area contributed by atoms with Crippen LogP contribution in [0.3, 0.4) is 0 Å². The molecule has 20 heavy (non-hydrogen) atoms. The summed E-state index contributed by atoms with van der Waals surface area (Å²) in [6.07, 6.45) is -2.28. The van der Waals surface area contributed by atoms with Crippen LogP contribution in [0.4, 0.5) is 17.6 Å². The Morgan fingerprint density at radius 2 is 2.20 bits per heavy atom. The molecule has 1 aromatic rings. The normalized spacial score (nSPS) is 11.9. The van der Waals surface area contributed by atoms with Crippen LogP contribution >= 0.6 is 0 Å². The van der Waals surface area contributed by atoms with Crippen molar-refractivity contribution < 1.29 is 27.1 Å². The summed E-state index contributed by atoms with van der Waals surface area (Å²) in [5, 5.41) is 6.46. The monoisotopic (exact) mass is 297 g/mol. The number of ether oxygens (including phenoxy) is 1. The molecule has 0 unspecified atom stereocenters. The summed E-state index contributed by atoms with van der Waals surface area (Å²) in [5.41, 5.74) is 1.54. The maximum absolute atomic E-state index is 12.5. The van der Waals surface area contributed by atoms with Gasteiger partial charge in [0.2, 0.25) is 5.91 Å². The highest BCUT2D eigenvalue weighted by Crippen LogP contribution is 2.22. The molecule has 114 valence electrons. The lowest BCUT2D eigenvalue weighted by atomic mass is 10.2. The first-order valence-electron chi connectivity index (χ1n) is 5.70. The molecule has 1 amide bonds. The van der Waals surface area contributed by atoms with Crippen LogP contribution in [0.15, 0.2) is 6.20 Å². The van der Waals surface area contributed by atoms with Crippen molar-refractivity contribution in [2.45, 2.75) is 25.8 Å². The van der Waals surface area contributed by atoms with Gasteiger partial charge in [-0.2, -0.15) is 13.9 Å². The largest absolute Gasteiger partial charge is 0.365 e. The van der Waals surface area contributed by atoms with Crippen LogP contribution in [0, 0.1) is 6.92 Å². The summed E-state index contributed by atoms with van der Waals surface area (Å²) in [6, 6.07) is 0. The second-order valence-corrected chi connectivity index (χ2v) is 4.32. The quantitative estimate of drug-likeness (QED) is 0.778. The summed E-state index contributed by atoms with van der Waals surface area (Å²) in [5.74, 6) is -4.84. The van der Waals surface area contributed by atoms with E-state index in [2.05, 4.69) is 14.9 Å². The number of carbonyl (C=O) groups excluding carboxylic acids is 1. The molecular weight excluding hydrogens is 282 g/mol. The molecule has 0 radical (unpaired) electrons. The fraction of sp³-hybridized carbons (Fsp3) is 0.636. The highest BCUT2D eigenvalue weighted by molar-refractivity contribution is 5.77. The number of alkyl halides is 4. The minimum absolute atomic E-state index is 0.218. The van der Waals surface area contributed by atoms with Gasteiger partial charge in [-0.05, 0) is 6.92 Å². The molecule has 1 rings (SSSR count). The molecule has 0 fully saturated rings. The van der Waals surface area contributed by atoms with E-state index in [-0.39, 0.29) is 6.54 Å². The van der Waals surface area contributed by atoms with E-state index < -0.39 is 31.5 Å². The number of rotatable bonds is 7. The molecule has 0 aromatic carbocycles. The average molecular weight is 297 g/mol. The van der Waals surface area contributed by atoms with Crippen LogP contribution in [0.5, 0.6) is 0 Å². The number of nitrogens with zero attached hydrogens (tertiary/aromatic N) is 2. The van der Waals surface area contributed by atoms with Gasteiger partial charge >= 0.3 is 12.3 Å². The molecule has 0 atom stereocenters. The maximum atomic E-state index is 12.5. The predicted octanol–water partition coefficient (Wildman–Crippen LogP) is 1.59. The fourth-order valence-corrected chi connectivity index (χ4v) is 1.33. The highest BCUT2D eigenvalue weighted by Gasteiger charge is 2.41. The fourth-order valence-electron chi connectivity index (χ4n) is 1.33. The van der Waals surface area contributed by atoms with E-state index >= 15 is 0 Å². The van der Waals surface area contributed by atoms with Crippen molar-refractivity contribution in [3.05, 3.63) is 17.5 Å². The smallest absolute Gasteiger partial charge is 0.330 e. The van der Waals surface area contributed by atoms with Gasteiger partial charge in [0.25, 0.3) is 0 Å². The first-order valence-corrected chi connectivity index (χ1v) is 5.70. The third-order valence-electron chi connectivity index (χ3n) is 2.61. The lowest BCUT2D eigenvalue weighted by Crippen LogP contribution is -2.35. The van der Waals surface area contributed by atoms with Gasteiger partial charge in [-0.3, -0.25) is 9.89 Å². The van der Waals surface area contributed by atoms with Gasteiger partial charge in [-0.15, -0.1) is 0 Å². The number of hydrogen-bond donors (Lipinski definition) is 1. The number of amides is 1. The molecule has 1 aromatic heterocycles. The first kappa shape index (κ1) is 16.4. The number of H-pyrrole nitrogens is 1. The zero-order valence-electron chi connectivity index (χ0n) is 11.0. The molecule has 0 aliphatic carbocycles. The third-order valence-corrected chi connectivity index (χ3v) is 2.61. The number of nitrogens with one attached hydrogen (secondary N) is 1. The Kier molecular flexibility index (Phi) is 5.49. The van der Waals surface area contributed by atoms with Gasteiger partial charge in [0.15, 0.2) is 0 Å². The summed E-state index contributed by atoms with van der Waals surface area (Å²) >= 11 is 0. The molecule has 0 saturated carbocycles. The number of aryl methyl sites for hydroxylation is 1. The SMILES string of the molecule is Cc1[nH]ncc1CN(C)C(=O)COCC(F)(F)C(F)F. The van der Waals surface area contributed by atoms with Crippen molar-refractivity contribution in [2.75, 3.05) is 20.3 Å². The van der Waals surface area contributed by atoms with Gasteiger partial charge in [0, 0.05) is 24.8 Å². The van der Waals surface area contributed by atoms with Crippen molar-refractivity contribution in [2.24, 2.45) is 0 Å². The average Bonchev–Trinajstić information content (AvgIpc) is 2.74. The van der Waals surface area contributed by atoms with Gasteiger partial charge in [-0.25, -0.2) is 8.78 Å². The third kappa shape index (κ3) is 4.48. The molecule has 0 aliphatic rings. The molecule has 0 spiro atoms. The van der Waals surface area contributed by atoms with Crippen molar-refractivity contribution in [1.29, 1.82) is 0 Å². The Labute approximate surface area is 112 Å². The van der Waals surface area contributed by atoms with Gasteiger partial charge in [-0.1, -0.05) is 0 Å². The molecule has 0 bridgehead atoms. The van der Waals surface area contributed by atoms with E-state index in [1.165, 1.54) is 18.1 Å². The van der Waals surface area contributed by atoms with E-state index in [4.69, 9.17) is 0 Å². The summed E-state index contributed by atoms with van der Waals surface area (Å²) in [6.45, 7) is -0.194. The van der Waals surface area contributed by atoms with Crippen LogP contribution in [0.2, 0.25) is 0 Å². The Morgan fingerprint density at radius 3 is 2.70 bits per heavy atom. The Morgan fingerprint density at radius 1 is 1.55 bits per heavy atom. The van der Waals surface area contributed by atoms with Crippen LogP contribution in [0.25, 0.3) is 0 Å². The van der Waals surface area contributed by atoms with Crippen molar-refractivity contribution in [3.63, 3.8) is 0 Å². The topological polar surface area (TPSA) is 58.2 Å². The molecule has 0 aliphatic heterocycles. The van der Waals surface area contributed by atoms with Crippen LogP contribution in [0.1, 0.15) is 11.3 Å². The Hall–Kier alpha value is -1.64. The predicted molar refractivity (Wildman–Crippen MR) is 61.6 cm³/mol. The number of aromatic nitrogens is 2. The molecule has 9 heteroatoms. The zero-order chi connectivity index (χ0) is 15.3. The van der Waals surface area contributed by atoms with E-state index in [1.54, 1.807) is 6.92 Å². The molecule has 0 saturated heterocycles. The lowest BCUT2D eigenvalue weighted by Gasteiger charge is -2.19. The van der Waals surface area contributed by atoms with Crippen LogP contribution in [-0.4, -0.2) is 53.6 Å². The molecule has 1 heterocycles. The minimum atomic E-state index is -4.25. The summed E-state index contributed by atoms with van der Waals surface area (Å²) < 4.78 is 53.1. The van der Waals surface area contributed by atoms with Crippen molar-refractivity contribution in [3.8, 4) is 0 Å². The van der Waals surface area contributed by atoms with Gasteiger partial charge in [0.05, 0.1) is 6.20 Å². The molecule has 1 N–H and O–H groups in total. The number of hydrogen-bond acceptors (Lipinski definition) is 3. The lowest BCUT2D eigenvalue weighted by molar-refractivity contribution is -0.170. The number of halogens is 4. The summed E-state index contributed by atoms with van der Waals surface area (Å²) in [7, 11) is 1.45. The number of likely N-dealkylation sites (N-methyl/N-ethyl adjacent to an activating group) is 1. The van der Waals surface area contributed by atoms with Gasteiger partial charge in [0.1, 0.15) is 13.2 Å². The first-order chi connectivity index (χ1) is 9.24.